The van der Waals surface area contributed by atoms with Crippen molar-refractivity contribution in [2.75, 3.05) is 0 Å². The third kappa shape index (κ3) is 4.40. The number of aromatic nitrogens is 1. The van der Waals surface area contributed by atoms with E-state index in [9.17, 15) is 0 Å². The largest absolute Gasteiger partial charge is 0.247 e. The Morgan fingerprint density at radius 1 is 0.576 bits per heavy atom. The van der Waals surface area contributed by atoms with Crippen LogP contribution in [0.25, 0.3) is 44.4 Å². The molecule has 33 heavy (non-hydrogen) atoms. The highest BCUT2D eigenvalue weighted by atomic mass is 28.3. The Morgan fingerprint density at radius 3 is 1.88 bits per heavy atom. The molecule has 0 aliphatic heterocycles. The van der Waals surface area contributed by atoms with E-state index >= 15 is 0 Å². The van der Waals surface area contributed by atoms with Gasteiger partial charge in [0, 0.05) is 16.5 Å². The summed E-state index contributed by atoms with van der Waals surface area (Å²) in [5, 5.41) is 2.63. The summed E-state index contributed by atoms with van der Waals surface area (Å²) in [5.41, 5.74) is 9.34. The number of nitrogens with zero attached hydrogens (tertiary/aromatic N) is 1. The summed E-state index contributed by atoms with van der Waals surface area (Å²) in [5.74, 6) is 0. The molecule has 1 aromatic heterocycles. The summed E-state index contributed by atoms with van der Waals surface area (Å²) in [7, 11) is -1.43. The molecule has 0 spiro atoms. The number of benzene rings is 4. The van der Waals surface area contributed by atoms with Gasteiger partial charge in [-0.3, -0.25) is 0 Å². The zero-order chi connectivity index (χ0) is 23.0. The molecule has 0 radical (unpaired) electrons. The second kappa shape index (κ2) is 8.46. The van der Waals surface area contributed by atoms with Crippen molar-refractivity contribution in [2.24, 2.45) is 0 Å². The number of fused-ring (bicyclic) bond motifs is 1. The lowest BCUT2D eigenvalue weighted by Gasteiger charge is -2.18. The van der Waals surface area contributed by atoms with Gasteiger partial charge in [-0.2, -0.15) is 0 Å². The molecule has 2 heteroatoms. The van der Waals surface area contributed by atoms with Gasteiger partial charge in [0.2, 0.25) is 0 Å². The Morgan fingerprint density at radius 2 is 1.21 bits per heavy atom. The van der Waals surface area contributed by atoms with Gasteiger partial charge in [-0.25, -0.2) is 4.98 Å². The van der Waals surface area contributed by atoms with Crippen molar-refractivity contribution in [1.82, 2.24) is 4.98 Å². The lowest BCUT2D eigenvalue weighted by Crippen LogP contribution is -2.37. The van der Waals surface area contributed by atoms with Gasteiger partial charge in [-0.15, -0.1) is 0 Å². The fourth-order valence-corrected chi connectivity index (χ4v) is 5.56. The minimum absolute atomic E-state index is 1.04. The molecule has 5 rings (SSSR count). The fraction of sp³-hybridized carbons (Fsp3) is 0.129. The van der Waals surface area contributed by atoms with Crippen LogP contribution in [-0.2, 0) is 0 Å². The molecule has 162 valence electrons. The first-order chi connectivity index (χ1) is 15.9. The number of pyridine rings is 1. The van der Waals surface area contributed by atoms with Gasteiger partial charge in [0.15, 0.2) is 0 Å². The van der Waals surface area contributed by atoms with Crippen molar-refractivity contribution in [3.05, 3.63) is 109 Å². The van der Waals surface area contributed by atoms with Gasteiger partial charge < -0.3 is 0 Å². The second-order valence-electron chi connectivity index (χ2n) is 9.86. The molecule has 0 atom stereocenters. The van der Waals surface area contributed by atoms with Gasteiger partial charge in [-0.1, -0.05) is 104 Å². The van der Waals surface area contributed by atoms with Crippen LogP contribution in [0.2, 0.25) is 19.6 Å². The minimum atomic E-state index is -1.43. The quantitative estimate of drug-likeness (QED) is 0.256. The first kappa shape index (κ1) is 21.4. The van der Waals surface area contributed by atoms with Gasteiger partial charge in [-0.05, 0) is 53.4 Å². The molecule has 0 bridgehead atoms. The van der Waals surface area contributed by atoms with E-state index in [1.807, 2.05) is 0 Å². The normalized spacial score (nSPS) is 11.6. The zero-order valence-corrected chi connectivity index (χ0v) is 20.8. The van der Waals surface area contributed by atoms with E-state index in [4.69, 9.17) is 4.98 Å². The van der Waals surface area contributed by atoms with E-state index in [2.05, 4.69) is 130 Å². The molecular formula is C31H29NSi. The first-order valence-electron chi connectivity index (χ1n) is 11.6. The minimum Gasteiger partial charge on any atom is -0.247 e. The van der Waals surface area contributed by atoms with E-state index in [-0.39, 0.29) is 0 Å². The smallest absolute Gasteiger partial charge is 0.0788 e. The monoisotopic (exact) mass is 443 g/mol. The van der Waals surface area contributed by atoms with Gasteiger partial charge in [0.1, 0.15) is 0 Å². The highest BCUT2D eigenvalue weighted by molar-refractivity contribution is 6.88. The van der Waals surface area contributed by atoms with E-state index in [1.54, 1.807) is 0 Å². The van der Waals surface area contributed by atoms with Crippen LogP contribution < -0.4 is 5.19 Å². The van der Waals surface area contributed by atoms with E-state index < -0.39 is 8.07 Å². The summed E-state index contributed by atoms with van der Waals surface area (Å²) in [4.78, 5) is 5.29. The Balaban J connectivity index is 1.78. The lowest BCUT2D eigenvalue weighted by molar-refractivity contribution is 1.38. The summed E-state index contributed by atoms with van der Waals surface area (Å²) in [6, 6.07) is 37.2. The molecule has 0 aliphatic rings. The van der Waals surface area contributed by atoms with E-state index in [1.165, 1.54) is 38.4 Å². The van der Waals surface area contributed by atoms with Crippen LogP contribution in [0, 0.1) is 6.92 Å². The van der Waals surface area contributed by atoms with Crippen LogP contribution in [0.3, 0.4) is 0 Å². The summed E-state index contributed by atoms with van der Waals surface area (Å²) >= 11 is 0. The van der Waals surface area contributed by atoms with Gasteiger partial charge >= 0.3 is 0 Å². The maximum Gasteiger partial charge on any atom is 0.0788 e. The maximum absolute atomic E-state index is 5.29. The van der Waals surface area contributed by atoms with Crippen molar-refractivity contribution in [3.8, 4) is 33.5 Å². The molecular weight excluding hydrogens is 414 g/mol. The Kier molecular flexibility index (Phi) is 5.47. The van der Waals surface area contributed by atoms with Crippen LogP contribution in [0.5, 0.6) is 0 Å². The topological polar surface area (TPSA) is 12.9 Å². The lowest BCUT2D eigenvalue weighted by atomic mass is 9.94. The summed E-state index contributed by atoms with van der Waals surface area (Å²) in [6.07, 6.45) is 0. The second-order valence-corrected chi connectivity index (χ2v) is 14.9. The SMILES string of the molecule is Cc1cc(-c2ccccc2)cc(-c2nc3cc([Si](C)(C)C)ccc3cc2-c2ccccc2)c1. The van der Waals surface area contributed by atoms with Crippen molar-refractivity contribution >= 4 is 24.2 Å². The van der Waals surface area contributed by atoms with Crippen molar-refractivity contribution in [3.63, 3.8) is 0 Å². The van der Waals surface area contributed by atoms with E-state index in [0.29, 0.717) is 0 Å². The summed E-state index contributed by atoms with van der Waals surface area (Å²) in [6.45, 7) is 9.34. The molecule has 4 aromatic carbocycles. The predicted octanol–water partition coefficient (Wildman–Crippen LogP) is 8.09. The predicted molar refractivity (Wildman–Crippen MR) is 146 cm³/mol. The van der Waals surface area contributed by atoms with E-state index in [0.717, 1.165) is 16.8 Å². The van der Waals surface area contributed by atoms with Crippen LogP contribution in [0.4, 0.5) is 0 Å². The number of hydrogen-bond acceptors (Lipinski definition) is 1. The standard InChI is InChI=1S/C31H29NSi/c1-22-17-26(23-11-7-5-8-12-23)19-27(18-22)31-29(24-13-9-6-10-14-24)20-25-15-16-28(33(2,3)4)21-30(25)32-31/h5-21H,1-4H3. The zero-order valence-electron chi connectivity index (χ0n) is 19.8. The van der Waals surface area contributed by atoms with Crippen molar-refractivity contribution in [2.45, 2.75) is 26.6 Å². The average Bonchev–Trinajstić information content (AvgIpc) is 2.83. The third-order valence-electron chi connectivity index (χ3n) is 6.23. The van der Waals surface area contributed by atoms with Crippen molar-refractivity contribution in [1.29, 1.82) is 0 Å². The van der Waals surface area contributed by atoms with Crippen LogP contribution >= 0.6 is 0 Å². The molecule has 0 saturated heterocycles. The summed E-state index contributed by atoms with van der Waals surface area (Å²) < 4.78 is 0. The molecule has 0 aliphatic carbocycles. The molecule has 0 N–H and O–H groups in total. The molecule has 0 saturated carbocycles. The average molecular weight is 444 g/mol. The molecule has 0 fully saturated rings. The number of aryl methyl sites for hydroxylation is 1. The van der Waals surface area contributed by atoms with Crippen molar-refractivity contribution < 1.29 is 0 Å². The van der Waals surface area contributed by atoms with Crippen LogP contribution in [0.1, 0.15) is 5.56 Å². The first-order valence-corrected chi connectivity index (χ1v) is 15.1. The Bertz CT molecular complexity index is 1430. The fourth-order valence-electron chi connectivity index (χ4n) is 4.41. The van der Waals surface area contributed by atoms with Crippen LogP contribution in [0.15, 0.2) is 103 Å². The molecule has 0 unspecified atom stereocenters. The number of rotatable bonds is 4. The third-order valence-corrected chi connectivity index (χ3v) is 8.27. The highest BCUT2D eigenvalue weighted by Crippen LogP contribution is 2.35. The molecule has 1 nitrogen and oxygen atoms in total. The Labute approximate surface area is 197 Å². The van der Waals surface area contributed by atoms with Gasteiger partial charge in [0.25, 0.3) is 0 Å². The van der Waals surface area contributed by atoms with Gasteiger partial charge in [0.05, 0.1) is 19.3 Å². The number of hydrogen-bond donors (Lipinski definition) is 0. The molecule has 5 aromatic rings. The molecule has 0 amide bonds. The Hall–Kier alpha value is -3.49. The highest BCUT2D eigenvalue weighted by Gasteiger charge is 2.18. The maximum atomic E-state index is 5.29. The van der Waals surface area contributed by atoms with Crippen LogP contribution in [-0.4, -0.2) is 13.1 Å². The molecule has 1 heterocycles.